The van der Waals surface area contributed by atoms with Crippen molar-refractivity contribution >= 4 is 61.9 Å². The lowest BCUT2D eigenvalue weighted by atomic mass is 10.3. The first-order valence-electron chi connectivity index (χ1n) is 8.67. The number of carbonyl (C=O) groups excluding carboxylic acids is 1. The normalized spacial score (nSPS) is 20.7. The standard InChI is InChI=1S/C19H16ClN3O3S3/c1-3-23-17(24)16(18-22(2)14-6-4-5-7-15(14)27-18)28-19(23)21-29(25,26)13-10-8-12(20)9-11-13/h4-11H,3H2,1-2H3/b18-16+,21-19+. The Bertz CT molecular complexity index is 1160. The second-order valence-corrected chi connectivity index (χ2v) is 10.3. The number of halogens is 1. The van der Waals surface area contributed by atoms with Crippen LogP contribution in [0.3, 0.4) is 0 Å². The monoisotopic (exact) mass is 465 g/mol. The van der Waals surface area contributed by atoms with Gasteiger partial charge >= 0.3 is 0 Å². The van der Waals surface area contributed by atoms with Gasteiger partial charge in [-0.2, -0.15) is 8.42 Å². The van der Waals surface area contributed by atoms with Crippen molar-refractivity contribution in [3.8, 4) is 0 Å². The van der Waals surface area contributed by atoms with Crippen molar-refractivity contribution in [3.05, 3.63) is 63.5 Å². The van der Waals surface area contributed by atoms with E-state index < -0.39 is 10.0 Å². The third kappa shape index (κ3) is 3.68. The number of amides is 1. The van der Waals surface area contributed by atoms with Gasteiger partial charge in [0.15, 0.2) is 5.17 Å². The van der Waals surface area contributed by atoms with Crippen LogP contribution in [0.25, 0.3) is 0 Å². The van der Waals surface area contributed by atoms with Gasteiger partial charge in [-0.15, -0.1) is 4.40 Å². The molecule has 4 rings (SSSR count). The number of para-hydroxylation sites is 1. The van der Waals surface area contributed by atoms with Crippen molar-refractivity contribution in [2.75, 3.05) is 18.5 Å². The second kappa shape index (κ2) is 7.71. The van der Waals surface area contributed by atoms with Gasteiger partial charge < -0.3 is 4.90 Å². The molecule has 6 nitrogen and oxygen atoms in total. The molecule has 0 atom stereocenters. The maximum absolute atomic E-state index is 13.0. The van der Waals surface area contributed by atoms with E-state index >= 15 is 0 Å². The number of amidine groups is 1. The molecule has 0 bridgehead atoms. The van der Waals surface area contributed by atoms with E-state index in [1.54, 1.807) is 6.92 Å². The van der Waals surface area contributed by atoms with Gasteiger partial charge in [-0.1, -0.05) is 35.5 Å². The van der Waals surface area contributed by atoms with Crippen LogP contribution in [-0.4, -0.2) is 38.0 Å². The summed E-state index contributed by atoms with van der Waals surface area (Å²) in [5.74, 6) is -0.246. The molecule has 29 heavy (non-hydrogen) atoms. The van der Waals surface area contributed by atoms with E-state index in [1.807, 2.05) is 36.2 Å². The molecule has 0 aliphatic carbocycles. The van der Waals surface area contributed by atoms with Crippen molar-refractivity contribution in [2.45, 2.75) is 16.7 Å². The maximum atomic E-state index is 13.0. The molecule has 2 heterocycles. The summed E-state index contributed by atoms with van der Waals surface area (Å²) in [4.78, 5) is 17.9. The smallest absolute Gasteiger partial charge is 0.284 e. The Morgan fingerprint density at radius 1 is 1.07 bits per heavy atom. The first-order valence-corrected chi connectivity index (χ1v) is 12.1. The SMILES string of the molecule is CCN1C(=O)/C(=C2\Sc3ccccc3N2C)S/C1=N/S(=O)(=O)c1ccc(Cl)cc1. The molecule has 1 fully saturated rings. The first-order chi connectivity index (χ1) is 13.8. The first kappa shape index (κ1) is 20.3. The van der Waals surface area contributed by atoms with Gasteiger partial charge in [-0.05, 0) is 55.1 Å². The van der Waals surface area contributed by atoms with Gasteiger partial charge in [0, 0.05) is 23.5 Å². The summed E-state index contributed by atoms with van der Waals surface area (Å²) in [5.41, 5.74) is 1.01. The summed E-state index contributed by atoms with van der Waals surface area (Å²) >= 11 is 8.42. The quantitative estimate of drug-likeness (QED) is 0.626. The fraction of sp³-hybridized carbons (Fsp3) is 0.158. The molecule has 0 radical (unpaired) electrons. The van der Waals surface area contributed by atoms with Gasteiger partial charge in [0.2, 0.25) is 0 Å². The second-order valence-electron chi connectivity index (χ2n) is 6.22. The Kier molecular flexibility index (Phi) is 5.41. The lowest BCUT2D eigenvalue weighted by Crippen LogP contribution is -2.30. The molecule has 1 amide bonds. The number of hydrogen-bond donors (Lipinski definition) is 0. The zero-order valence-corrected chi connectivity index (χ0v) is 18.7. The predicted molar refractivity (Wildman–Crippen MR) is 119 cm³/mol. The van der Waals surface area contributed by atoms with Crippen LogP contribution >= 0.6 is 35.1 Å². The van der Waals surface area contributed by atoms with Crippen LogP contribution in [-0.2, 0) is 14.8 Å². The van der Waals surface area contributed by atoms with Crippen molar-refractivity contribution in [3.63, 3.8) is 0 Å². The van der Waals surface area contributed by atoms with Crippen LogP contribution in [0.1, 0.15) is 6.92 Å². The molecule has 2 aromatic carbocycles. The number of fused-ring (bicyclic) bond motifs is 1. The average molecular weight is 466 g/mol. The summed E-state index contributed by atoms with van der Waals surface area (Å²) < 4.78 is 29.4. The summed E-state index contributed by atoms with van der Waals surface area (Å²) in [5, 5.41) is 1.36. The van der Waals surface area contributed by atoms with Crippen molar-refractivity contribution in [1.29, 1.82) is 0 Å². The molecule has 0 saturated carbocycles. The minimum Gasteiger partial charge on any atom is -0.337 e. The van der Waals surface area contributed by atoms with E-state index in [0.29, 0.717) is 16.5 Å². The van der Waals surface area contributed by atoms with E-state index in [-0.39, 0.29) is 16.0 Å². The van der Waals surface area contributed by atoms with Crippen LogP contribution in [0.5, 0.6) is 0 Å². The summed E-state index contributed by atoms with van der Waals surface area (Å²) in [6.07, 6.45) is 0. The Balaban J connectivity index is 1.73. The number of hydrogen-bond acceptors (Lipinski definition) is 6. The minimum absolute atomic E-state index is 0.0272. The number of rotatable bonds is 3. The Morgan fingerprint density at radius 2 is 1.76 bits per heavy atom. The van der Waals surface area contributed by atoms with Crippen LogP contribution in [0, 0.1) is 0 Å². The molecule has 150 valence electrons. The average Bonchev–Trinajstić information content (AvgIpc) is 3.18. The van der Waals surface area contributed by atoms with Gasteiger partial charge in [0.05, 0.1) is 15.6 Å². The third-order valence-corrected chi connectivity index (χ3v) is 8.50. The fourth-order valence-electron chi connectivity index (χ4n) is 2.94. The lowest BCUT2D eigenvalue weighted by Gasteiger charge is -2.15. The van der Waals surface area contributed by atoms with E-state index in [9.17, 15) is 13.2 Å². The zero-order chi connectivity index (χ0) is 20.8. The molecule has 1 saturated heterocycles. The minimum atomic E-state index is -3.97. The highest BCUT2D eigenvalue weighted by atomic mass is 35.5. The highest BCUT2D eigenvalue weighted by Crippen LogP contribution is 2.49. The molecule has 0 N–H and O–H groups in total. The van der Waals surface area contributed by atoms with E-state index in [2.05, 4.69) is 4.40 Å². The Labute approximate surface area is 182 Å². The summed E-state index contributed by atoms with van der Waals surface area (Å²) in [7, 11) is -2.08. The molecule has 0 aromatic heterocycles. The predicted octanol–water partition coefficient (Wildman–Crippen LogP) is 4.39. The number of benzene rings is 2. The van der Waals surface area contributed by atoms with Crippen LogP contribution < -0.4 is 4.90 Å². The van der Waals surface area contributed by atoms with Gasteiger partial charge in [-0.25, -0.2) is 0 Å². The largest absolute Gasteiger partial charge is 0.337 e. The number of sulfonamides is 1. The Morgan fingerprint density at radius 3 is 2.41 bits per heavy atom. The van der Waals surface area contributed by atoms with Crippen LogP contribution in [0.15, 0.2) is 72.7 Å². The lowest BCUT2D eigenvalue weighted by molar-refractivity contribution is -0.122. The van der Waals surface area contributed by atoms with Crippen LogP contribution in [0.2, 0.25) is 5.02 Å². The van der Waals surface area contributed by atoms with Crippen molar-refractivity contribution in [1.82, 2.24) is 4.90 Å². The molecular weight excluding hydrogens is 450 g/mol. The summed E-state index contributed by atoms with van der Waals surface area (Å²) in [6.45, 7) is 2.11. The molecule has 2 aliphatic heterocycles. The van der Waals surface area contributed by atoms with Crippen LogP contribution in [0.4, 0.5) is 5.69 Å². The molecule has 10 heteroatoms. The maximum Gasteiger partial charge on any atom is 0.284 e. The molecule has 0 unspecified atom stereocenters. The van der Waals surface area contributed by atoms with Gasteiger partial charge in [0.25, 0.3) is 15.9 Å². The fourth-order valence-corrected chi connectivity index (χ4v) is 6.66. The van der Waals surface area contributed by atoms with E-state index in [1.165, 1.54) is 40.9 Å². The molecular formula is C19H16ClN3O3S3. The topological polar surface area (TPSA) is 70.1 Å². The number of likely N-dealkylation sites (N-methyl/N-ethyl adjacent to an activating group) is 1. The van der Waals surface area contributed by atoms with Gasteiger partial charge in [-0.3, -0.25) is 9.69 Å². The third-order valence-electron chi connectivity index (χ3n) is 4.42. The molecule has 2 aromatic rings. The van der Waals surface area contributed by atoms with Crippen molar-refractivity contribution < 1.29 is 13.2 Å². The number of anilines is 1. The number of nitrogens with zero attached hydrogens (tertiary/aromatic N) is 3. The highest BCUT2D eigenvalue weighted by Gasteiger charge is 2.39. The van der Waals surface area contributed by atoms with Crippen molar-refractivity contribution in [2.24, 2.45) is 4.40 Å². The van der Waals surface area contributed by atoms with Gasteiger partial charge in [0.1, 0.15) is 4.91 Å². The number of carbonyl (C=O) groups is 1. The zero-order valence-electron chi connectivity index (χ0n) is 15.5. The Hall–Kier alpha value is -1.94. The molecule has 0 spiro atoms. The van der Waals surface area contributed by atoms with E-state index in [4.69, 9.17) is 11.6 Å². The summed E-state index contributed by atoms with van der Waals surface area (Å²) in [6, 6.07) is 13.6. The molecule has 2 aliphatic rings. The number of thioether (sulfide) groups is 2. The van der Waals surface area contributed by atoms with E-state index in [0.717, 1.165) is 27.4 Å². The highest BCUT2D eigenvalue weighted by molar-refractivity contribution is 8.19.